The lowest BCUT2D eigenvalue weighted by Gasteiger charge is -2.05. The maximum atomic E-state index is 13.8. The van der Waals surface area contributed by atoms with Crippen LogP contribution in [0.5, 0.6) is 5.75 Å². The van der Waals surface area contributed by atoms with Gasteiger partial charge in [-0.3, -0.25) is 4.57 Å². The number of hydrogen-bond donors (Lipinski definition) is 2. The minimum atomic E-state index is -0.519. The molecule has 0 atom stereocenters. The molecule has 3 rings (SSSR count). The van der Waals surface area contributed by atoms with Crippen molar-refractivity contribution in [3.05, 3.63) is 58.8 Å². The van der Waals surface area contributed by atoms with Gasteiger partial charge in [0.2, 0.25) is 0 Å². The molecule has 2 N–H and O–H groups in total. The van der Waals surface area contributed by atoms with E-state index >= 15 is 0 Å². The third kappa shape index (κ3) is 1.41. The van der Waals surface area contributed by atoms with Gasteiger partial charge in [-0.2, -0.15) is 0 Å². The predicted octanol–water partition coefficient (Wildman–Crippen LogP) is 2.16. The molecule has 0 fully saturated rings. The molecule has 0 saturated heterocycles. The Hall–Kier alpha value is -2.56. The third-order valence-corrected chi connectivity index (χ3v) is 2.78. The first kappa shape index (κ1) is 10.6. The Balaban J connectivity index is 2.47. The van der Waals surface area contributed by atoms with E-state index in [2.05, 4.69) is 4.98 Å². The number of aromatic hydroxyl groups is 1. The van der Waals surface area contributed by atoms with Gasteiger partial charge in [0.05, 0.1) is 11.2 Å². The zero-order chi connectivity index (χ0) is 12.7. The number of para-hydroxylation sites is 3. The monoisotopic (exact) mass is 244 g/mol. The highest BCUT2D eigenvalue weighted by atomic mass is 19.1. The van der Waals surface area contributed by atoms with Crippen molar-refractivity contribution in [1.29, 1.82) is 0 Å². The van der Waals surface area contributed by atoms with Crippen LogP contribution in [0.15, 0.2) is 47.3 Å². The summed E-state index contributed by atoms with van der Waals surface area (Å²) in [6, 6.07) is 10.7. The number of phenolic OH excluding ortho intramolecular Hbond substituents is 1. The van der Waals surface area contributed by atoms with Crippen molar-refractivity contribution in [2.45, 2.75) is 0 Å². The number of H-pyrrole nitrogens is 1. The Kier molecular flexibility index (Phi) is 2.19. The predicted molar refractivity (Wildman–Crippen MR) is 65.5 cm³/mol. The molecule has 1 heterocycles. The number of phenols is 1. The molecule has 3 aromatic rings. The first-order chi connectivity index (χ1) is 8.68. The Labute approximate surface area is 101 Å². The molecule has 0 aliphatic rings. The average Bonchev–Trinajstić information content (AvgIpc) is 2.68. The van der Waals surface area contributed by atoms with Crippen molar-refractivity contribution in [1.82, 2.24) is 9.55 Å². The van der Waals surface area contributed by atoms with Crippen molar-refractivity contribution < 1.29 is 9.50 Å². The molecular weight excluding hydrogens is 235 g/mol. The van der Waals surface area contributed by atoms with Crippen LogP contribution in [0.3, 0.4) is 0 Å². The molecule has 4 nitrogen and oxygen atoms in total. The number of rotatable bonds is 1. The number of aromatic amines is 1. The fourth-order valence-electron chi connectivity index (χ4n) is 2.00. The summed E-state index contributed by atoms with van der Waals surface area (Å²) in [4.78, 5) is 14.4. The number of aromatic nitrogens is 2. The summed E-state index contributed by atoms with van der Waals surface area (Å²) in [6.07, 6.45) is 0. The van der Waals surface area contributed by atoms with Gasteiger partial charge in [-0.15, -0.1) is 0 Å². The van der Waals surface area contributed by atoms with Gasteiger partial charge in [0, 0.05) is 0 Å². The SMILES string of the molecule is O=c1[nH]c2cccc(F)c2n1-c1ccccc1O. The maximum absolute atomic E-state index is 13.8. The number of hydrogen-bond acceptors (Lipinski definition) is 2. The van der Waals surface area contributed by atoms with E-state index in [-0.39, 0.29) is 17.0 Å². The van der Waals surface area contributed by atoms with Crippen molar-refractivity contribution in [3.63, 3.8) is 0 Å². The van der Waals surface area contributed by atoms with Crippen LogP contribution in [0.1, 0.15) is 0 Å². The molecule has 0 saturated carbocycles. The lowest BCUT2D eigenvalue weighted by Crippen LogP contribution is -2.15. The van der Waals surface area contributed by atoms with E-state index in [4.69, 9.17) is 0 Å². The summed E-state index contributed by atoms with van der Waals surface area (Å²) in [5.74, 6) is -0.599. The van der Waals surface area contributed by atoms with Crippen LogP contribution in [0.4, 0.5) is 4.39 Å². The summed E-state index contributed by atoms with van der Waals surface area (Å²) in [7, 11) is 0. The second-order valence-corrected chi connectivity index (χ2v) is 3.89. The normalized spacial score (nSPS) is 10.9. The number of imidazole rings is 1. The van der Waals surface area contributed by atoms with Crippen LogP contribution >= 0.6 is 0 Å². The summed E-state index contributed by atoms with van der Waals surface area (Å²) in [5, 5.41) is 9.76. The van der Waals surface area contributed by atoms with Gasteiger partial charge >= 0.3 is 5.69 Å². The van der Waals surface area contributed by atoms with E-state index in [9.17, 15) is 14.3 Å². The highest BCUT2D eigenvalue weighted by Crippen LogP contribution is 2.24. The molecule has 90 valence electrons. The lowest BCUT2D eigenvalue weighted by molar-refractivity contribution is 0.472. The van der Waals surface area contributed by atoms with Crippen LogP contribution in [0.2, 0.25) is 0 Å². The standard InChI is InChI=1S/C13H9FN2O2/c14-8-4-3-5-9-12(8)16(13(18)15-9)10-6-1-2-7-11(10)17/h1-7,17H,(H,15,18). The maximum Gasteiger partial charge on any atom is 0.331 e. The van der Waals surface area contributed by atoms with Gasteiger partial charge in [0.25, 0.3) is 0 Å². The van der Waals surface area contributed by atoms with E-state index in [1.807, 2.05) is 0 Å². The first-order valence-corrected chi connectivity index (χ1v) is 5.36. The lowest BCUT2D eigenvalue weighted by atomic mass is 10.2. The highest BCUT2D eigenvalue weighted by Gasteiger charge is 2.14. The number of nitrogens with one attached hydrogen (secondary N) is 1. The van der Waals surface area contributed by atoms with Crippen molar-refractivity contribution in [2.75, 3.05) is 0 Å². The molecule has 0 amide bonds. The molecule has 1 aromatic heterocycles. The van der Waals surface area contributed by atoms with Gasteiger partial charge in [0.1, 0.15) is 17.1 Å². The van der Waals surface area contributed by atoms with Crippen LogP contribution in [-0.2, 0) is 0 Å². The zero-order valence-corrected chi connectivity index (χ0v) is 9.22. The summed E-state index contributed by atoms with van der Waals surface area (Å²) < 4.78 is 14.9. The minimum Gasteiger partial charge on any atom is -0.506 e. The molecule has 0 spiro atoms. The van der Waals surface area contributed by atoms with Crippen molar-refractivity contribution in [2.24, 2.45) is 0 Å². The third-order valence-electron chi connectivity index (χ3n) is 2.78. The second kappa shape index (κ2) is 3.73. The van der Waals surface area contributed by atoms with E-state index in [1.54, 1.807) is 24.3 Å². The van der Waals surface area contributed by atoms with Crippen LogP contribution in [0.25, 0.3) is 16.7 Å². The molecule has 0 aliphatic heterocycles. The van der Waals surface area contributed by atoms with Gasteiger partial charge in [0.15, 0.2) is 0 Å². The molecular formula is C13H9FN2O2. The van der Waals surface area contributed by atoms with E-state index < -0.39 is 11.5 Å². The summed E-state index contributed by atoms with van der Waals surface area (Å²) >= 11 is 0. The van der Waals surface area contributed by atoms with Crippen LogP contribution in [0, 0.1) is 5.82 Å². The van der Waals surface area contributed by atoms with E-state index in [1.165, 1.54) is 18.2 Å². The Morgan fingerprint density at radius 2 is 1.89 bits per heavy atom. The van der Waals surface area contributed by atoms with Gasteiger partial charge < -0.3 is 10.1 Å². The molecule has 0 aliphatic carbocycles. The van der Waals surface area contributed by atoms with Gasteiger partial charge in [-0.1, -0.05) is 18.2 Å². The fraction of sp³-hybridized carbons (Fsp3) is 0. The topological polar surface area (TPSA) is 58.0 Å². The number of nitrogens with zero attached hydrogens (tertiary/aromatic N) is 1. The molecule has 0 unspecified atom stereocenters. The molecule has 0 radical (unpaired) electrons. The molecule has 2 aromatic carbocycles. The first-order valence-electron chi connectivity index (χ1n) is 5.36. The second-order valence-electron chi connectivity index (χ2n) is 3.89. The van der Waals surface area contributed by atoms with Crippen molar-refractivity contribution in [3.8, 4) is 11.4 Å². The van der Waals surface area contributed by atoms with Crippen LogP contribution in [-0.4, -0.2) is 14.7 Å². The van der Waals surface area contributed by atoms with Gasteiger partial charge in [-0.05, 0) is 24.3 Å². The molecule has 18 heavy (non-hydrogen) atoms. The minimum absolute atomic E-state index is 0.0799. The fourth-order valence-corrected chi connectivity index (χ4v) is 2.00. The zero-order valence-electron chi connectivity index (χ0n) is 9.22. The summed E-state index contributed by atoms with van der Waals surface area (Å²) in [6.45, 7) is 0. The smallest absolute Gasteiger partial charge is 0.331 e. The Bertz CT molecular complexity index is 789. The molecule has 5 heteroatoms. The Morgan fingerprint density at radius 3 is 2.67 bits per heavy atom. The quantitative estimate of drug-likeness (QED) is 0.689. The highest BCUT2D eigenvalue weighted by molar-refractivity contribution is 5.78. The van der Waals surface area contributed by atoms with E-state index in [0.29, 0.717) is 5.52 Å². The number of fused-ring (bicyclic) bond motifs is 1. The number of halogens is 1. The van der Waals surface area contributed by atoms with E-state index in [0.717, 1.165) is 4.57 Å². The summed E-state index contributed by atoms with van der Waals surface area (Å²) in [5.41, 5.74) is 0.280. The van der Waals surface area contributed by atoms with Gasteiger partial charge in [-0.25, -0.2) is 9.18 Å². The largest absolute Gasteiger partial charge is 0.506 e. The van der Waals surface area contributed by atoms with Crippen molar-refractivity contribution >= 4 is 11.0 Å². The molecule has 0 bridgehead atoms. The van der Waals surface area contributed by atoms with Crippen LogP contribution < -0.4 is 5.69 Å². The Morgan fingerprint density at radius 1 is 1.11 bits per heavy atom. The number of benzene rings is 2. The average molecular weight is 244 g/mol.